The monoisotopic (exact) mass is 736 g/mol. The second kappa shape index (κ2) is 15.2. The fourth-order valence-corrected chi connectivity index (χ4v) is 7.08. The number of hydrogen-bond acceptors (Lipinski definition) is 8. The molecule has 0 bridgehead atoms. The molecule has 0 aliphatic carbocycles. The first kappa shape index (κ1) is 34.2. The predicted octanol–water partition coefficient (Wildman–Crippen LogP) is 6.93. The van der Waals surface area contributed by atoms with E-state index in [0.29, 0.717) is 72.5 Å². The number of aromatic nitrogens is 1. The zero-order chi connectivity index (χ0) is 33.7. The molecule has 0 spiro atoms. The van der Waals surface area contributed by atoms with Gasteiger partial charge in [0.2, 0.25) is 0 Å². The third kappa shape index (κ3) is 7.40. The number of hydrogen-bond donors (Lipinski definition) is 0. The van der Waals surface area contributed by atoms with Crippen LogP contribution in [0.4, 0.5) is 0 Å². The van der Waals surface area contributed by atoms with Gasteiger partial charge in [0.25, 0.3) is 5.56 Å². The fourth-order valence-electron chi connectivity index (χ4n) is 5.35. The lowest BCUT2D eigenvalue weighted by Gasteiger charge is -2.25. The Kier molecular flexibility index (Phi) is 11.1. The molecule has 0 saturated heterocycles. The fraction of sp³-hybridized carbons (Fsp3) is 0.250. The number of allylic oxidation sites excluding steroid dienone is 2. The van der Waals surface area contributed by atoms with E-state index in [1.54, 1.807) is 37.7 Å². The van der Waals surface area contributed by atoms with Crippen LogP contribution in [-0.4, -0.2) is 30.9 Å². The molecule has 5 rings (SSSR count). The van der Waals surface area contributed by atoms with Crippen molar-refractivity contribution in [3.63, 3.8) is 0 Å². The van der Waals surface area contributed by atoms with Crippen molar-refractivity contribution in [3.05, 3.63) is 130 Å². The summed E-state index contributed by atoms with van der Waals surface area (Å²) in [6, 6.07) is 16.0. The summed E-state index contributed by atoms with van der Waals surface area (Å²) in [6.45, 7) is 10.3. The summed E-state index contributed by atoms with van der Waals surface area (Å²) in [5, 5.41) is 0.654. The van der Waals surface area contributed by atoms with Crippen molar-refractivity contribution in [1.29, 1.82) is 0 Å². The van der Waals surface area contributed by atoms with E-state index in [-0.39, 0.29) is 12.2 Å². The van der Waals surface area contributed by atoms with Crippen molar-refractivity contribution in [2.75, 3.05) is 20.3 Å². The van der Waals surface area contributed by atoms with E-state index >= 15 is 0 Å². The average Bonchev–Trinajstić information content (AvgIpc) is 3.34. The van der Waals surface area contributed by atoms with Crippen LogP contribution >= 0.6 is 38.9 Å². The van der Waals surface area contributed by atoms with Gasteiger partial charge >= 0.3 is 5.97 Å². The van der Waals surface area contributed by atoms with Gasteiger partial charge in [-0.3, -0.25) is 9.36 Å². The van der Waals surface area contributed by atoms with E-state index in [4.69, 9.17) is 30.5 Å². The maximum Gasteiger partial charge on any atom is 0.338 e. The highest BCUT2D eigenvalue weighted by Crippen LogP contribution is 2.36. The topological polar surface area (TPSA) is 88.4 Å². The SMILES string of the molecule is C=CCc1cc(/C=c2/sc3n(c2=O)[C@@H](c2ccc(OC)c(Br)c2)C(C(=O)OCC)=C(C)N=3)cc(OCC)c1OCc1ccc(Cl)cc1. The van der Waals surface area contributed by atoms with Gasteiger partial charge in [0, 0.05) is 10.6 Å². The molecule has 1 aromatic heterocycles. The maximum absolute atomic E-state index is 14.2. The van der Waals surface area contributed by atoms with E-state index in [1.807, 2.05) is 61.5 Å². The molecule has 0 unspecified atom stereocenters. The van der Waals surface area contributed by atoms with Crippen LogP contribution in [-0.2, 0) is 22.6 Å². The summed E-state index contributed by atoms with van der Waals surface area (Å²) >= 11 is 10.9. The number of methoxy groups -OCH3 is 1. The quantitative estimate of drug-likeness (QED) is 0.116. The molecule has 0 amide bonds. The molecule has 47 heavy (non-hydrogen) atoms. The van der Waals surface area contributed by atoms with Gasteiger partial charge in [-0.15, -0.1) is 6.58 Å². The Morgan fingerprint density at radius 3 is 2.51 bits per heavy atom. The highest BCUT2D eigenvalue weighted by molar-refractivity contribution is 9.10. The number of halogens is 2. The van der Waals surface area contributed by atoms with Crippen molar-refractivity contribution in [3.8, 4) is 17.2 Å². The van der Waals surface area contributed by atoms with Crippen LogP contribution in [0, 0.1) is 0 Å². The molecule has 1 aliphatic rings. The van der Waals surface area contributed by atoms with Gasteiger partial charge in [-0.25, -0.2) is 9.79 Å². The smallest absolute Gasteiger partial charge is 0.338 e. The number of carbonyl (C=O) groups is 1. The number of benzene rings is 3. The lowest BCUT2D eigenvalue weighted by Crippen LogP contribution is -2.40. The second-order valence-electron chi connectivity index (χ2n) is 10.5. The van der Waals surface area contributed by atoms with Crippen LogP contribution in [0.5, 0.6) is 17.2 Å². The average molecular weight is 738 g/mol. The highest BCUT2D eigenvalue weighted by Gasteiger charge is 2.33. The Balaban J connectivity index is 1.63. The lowest BCUT2D eigenvalue weighted by atomic mass is 9.96. The minimum Gasteiger partial charge on any atom is -0.496 e. The summed E-state index contributed by atoms with van der Waals surface area (Å²) in [4.78, 5) is 32.6. The molecule has 3 aromatic carbocycles. The van der Waals surface area contributed by atoms with Crippen LogP contribution in [0.15, 0.2) is 92.8 Å². The summed E-state index contributed by atoms with van der Waals surface area (Å²) in [5.41, 5.74) is 3.78. The predicted molar refractivity (Wildman–Crippen MR) is 188 cm³/mol. The normalized spacial score (nSPS) is 14.3. The van der Waals surface area contributed by atoms with E-state index in [2.05, 4.69) is 27.5 Å². The highest BCUT2D eigenvalue weighted by atomic mass is 79.9. The number of ether oxygens (including phenoxy) is 4. The largest absolute Gasteiger partial charge is 0.496 e. The standard InChI is InChI=1S/C36H34BrClN2O6S/c1-6-9-25-16-23(17-29(44-7-2)33(25)46-20-22-10-13-26(38)14-11-22)18-30-34(41)40-32(24-12-15-28(43-5)27(37)19-24)31(35(42)45-8-3)21(4)39-36(40)47-30/h6,10-19,32H,1,7-9,20H2,2-5H3/b30-18+/t32-/m0/s1. The maximum atomic E-state index is 14.2. The van der Waals surface area contributed by atoms with Gasteiger partial charge in [-0.1, -0.05) is 47.2 Å². The Bertz CT molecular complexity index is 2030. The van der Waals surface area contributed by atoms with Crippen molar-refractivity contribution in [2.24, 2.45) is 4.99 Å². The number of fused-ring (bicyclic) bond motifs is 1. The molecular formula is C36H34BrClN2O6S. The minimum absolute atomic E-state index is 0.188. The van der Waals surface area contributed by atoms with Gasteiger partial charge in [-0.2, -0.15) is 0 Å². The molecule has 1 aliphatic heterocycles. The first-order valence-corrected chi connectivity index (χ1v) is 17.0. The van der Waals surface area contributed by atoms with Crippen LogP contribution in [0.3, 0.4) is 0 Å². The van der Waals surface area contributed by atoms with E-state index in [9.17, 15) is 9.59 Å². The summed E-state index contributed by atoms with van der Waals surface area (Å²) < 4.78 is 25.8. The van der Waals surface area contributed by atoms with Crippen molar-refractivity contribution >= 4 is 50.9 Å². The van der Waals surface area contributed by atoms with Crippen LogP contribution < -0.4 is 29.1 Å². The molecule has 4 aromatic rings. The molecule has 0 saturated carbocycles. The van der Waals surface area contributed by atoms with E-state index in [1.165, 1.54) is 11.3 Å². The van der Waals surface area contributed by atoms with Crippen molar-refractivity contribution in [1.82, 2.24) is 4.57 Å². The first-order valence-electron chi connectivity index (χ1n) is 15.0. The summed E-state index contributed by atoms with van der Waals surface area (Å²) in [6.07, 6.45) is 4.13. The zero-order valence-electron chi connectivity index (χ0n) is 26.5. The first-order chi connectivity index (χ1) is 22.7. The Hall–Kier alpha value is -4.12. The van der Waals surface area contributed by atoms with Crippen LogP contribution in [0.2, 0.25) is 5.02 Å². The summed E-state index contributed by atoms with van der Waals surface area (Å²) in [5.74, 6) is 1.27. The summed E-state index contributed by atoms with van der Waals surface area (Å²) in [7, 11) is 1.58. The van der Waals surface area contributed by atoms with E-state index < -0.39 is 12.0 Å². The van der Waals surface area contributed by atoms with Crippen molar-refractivity contribution in [2.45, 2.75) is 39.8 Å². The molecule has 8 nitrogen and oxygen atoms in total. The molecule has 244 valence electrons. The van der Waals surface area contributed by atoms with Gasteiger partial charge in [0.05, 0.1) is 46.6 Å². The van der Waals surface area contributed by atoms with Crippen molar-refractivity contribution < 1.29 is 23.7 Å². The Labute approximate surface area is 290 Å². The lowest BCUT2D eigenvalue weighted by molar-refractivity contribution is -0.139. The molecule has 0 radical (unpaired) electrons. The molecule has 1 atom stereocenters. The van der Waals surface area contributed by atoms with Gasteiger partial charge in [0.1, 0.15) is 12.4 Å². The molecule has 2 heterocycles. The third-order valence-corrected chi connectivity index (χ3v) is 9.28. The van der Waals surface area contributed by atoms with Gasteiger partial charge < -0.3 is 18.9 Å². The zero-order valence-corrected chi connectivity index (χ0v) is 29.6. The molecule has 11 heteroatoms. The van der Waals surface area contributed by atoms with Gasteiger partial charge in [-0.05, 0) is 102 Å². The molecule has 0 fully saturated rings. The molecular weight excluding hydrogens is 704 g/mol. The number of rotatable bonds is 12. The van der Waals surface area contributed by atoms with Gasteiger partial charge in [0.15, 0.2) is 16.3 Å². The molecule has 0 N–H and O–H groups in total. The number of carbonyl (C=O) groups excluding carboxylic acids is 1. The van der Waals surface area contributed by atoms with E-state index in [0.717, 1.165) is 16.7 Å². The number of nitrogens with zero attached hydrogens (tertiary/aromatic N) is 2. The Morgan fingerprint density at radius 1 is 1.09 bits per heavy atom. The third-order valence-electron chi connectivity index (χ3n) is 7.42. The second-order valence-corrected chi connectivity index (χ2v) is 12.8. The van der Waals surface area contributed by atoms with Crippen LogP contribution in [0.1, 0.15) is 49.1 Å². The Morgan fingerprint density at radius 2 is 1.85 bits per heavy atom. The van der Waals surface area contributed by atoms with Crippen LogP contribution in [0.25, 0.3) is 6.08 Å². The number of thiazole rings is 1. The minimum atomic E-state index is -0.756. The number of esters is 1.